The number of nitrogens with two attached hydrogens (primary N) is 1. The molecule has 0 aromatic heterocycles. The average Bonchev–Trinajstić information content (AvgIpc) is 2.28. The van der Waals surface area contributed by atoms with E-state index in [1.54, 1.807) is 24.3 Å². The van der Waals surface area contributed by atoms with Crippen LogP contribution in [0.1, 0.15) is 26.3 Å². The molecule has 93 valence electrons. The van der Waals surface area contributed by atoms with E-state index in [-0.39, 0.29) is 11.0 Å². The lowest BCUT2D eigenvalue weighted by Gasteiger charge is -2.23. The maximum Gasteiger partial charge on any atom is 0.135 e. The van der Waals surface area contributed by atoms with E-state index in [0.29, 0.717) is 12.1 Å². The van der Waals surface area contributed by atoms with Crippen molar-refractivity contribution in [1.82, 2.24) is 0 Å². The van der Waals surface area contributed by atoms with Crippen molar-refractivity contribution in [2.45, 2.75) is 27.2 Å². The van der Waals surface area contributed by atoms with E-state index in [0.717, 1.165) is 5.56 Å². The van der Waals surface area contributed by atoms with Gasteiger partial charge in [0.1, 0.15) is 11.5 Å². The summed E-state index contributed by atoms with van der Waals surface area (Å²) in [6, 6.07) is 6.90. The largest absolute Gasteiger partial charge is 0.299 e. The van der Waals surface area contributed by atoms with Gasteiger partial charge in [-0.1, -0.05) is 42.5 Å². The van der Waals surface area contributed by atoms with Crippen LogP contribution in [0.5, 0.6) is 0 Å². The molecule has 0 heterocycles. The third-order valence-corrected chi connectivity index (χ3v) is 2.87. The normalized spacial score (nSPS) is 11.4. The predicted octanol–water partition coefficient (Wildman–Crippen LogP) is 1.80. The van der Waals surface area contributed by atoms with Crippen LogP contribution in [0, 0.1) is 5.41 Å². The van der Waals surface area contributed by atoms with Crippen LogP contribution in [0.4, 0.5) is 5.69 Å². The molecule has 0 spiro atoms. The highest BCUT2D eigenvalue weighted by Crippen LogP contribution is 2.28. The smallest absolute Gasteiger partial charge is 0.135 e. The maximum absolute atomic E-state index is 11.5. The van der Waals surface area contributed by atoms with Gasteiger partial charge in [0.25, 0.3) is 0 Å². The van der Waals surface area contributed by atoms with E-state index < -0.39 is 5.41 Å². The summed E-state index contributed by atoms with van der Waals surface area (Å²) in [4.78, 5) is 15.6. The van der Waals surface area contributed by atoms with Gasteiger partial charge in [0.05, 0.1) is 0 Å². The van der Waals surface area contributed by atoms with Crippen LogP contribution in [-0.4, -0.2) is 5.78 Å². The van der Waals surface area contributed by atoms with Gasteiger partial charge in [-0.3, -0.25) is 4.79 Å². The van der Waals surface area contributed by atoms with E-state index in [2.05, 4.69) is 4.94 Å². The Labute approximate surface area is 101 Å². The number of para-hydroxylation sites is 1. The summed E-state index contributed by atoms with van der Waals surface area (Å²) in [5.74, 6) is 4.91. The Kier molecular flexibility index (Phi) is 4.22. The molecule has 0 aliphatic carbocycles. The number of Topliss-reactive ketones (excluding diaryl/α,β-unsaturated/α-hetero) is 1. The molecule has 5 nitrogen and oxygen atoms in total. The molecule has 0 saturated carbocycles. The van der Waals surface area contributed by atoms with Crippen LogP contribution in [0.15, 0.2) is 24.3 Å². The van der Waals surface area contributed by atoms with Crippen molar-refractivity contribution in [3.63, 3.8) is 0 Å². The summed E-state index contributed by atoms with van der Waals surface area (Å²) in [6.07, 6.45) is 0.459. The van der Waals surface area contributed by atoms with Crippen molar-refractivity contribution < 1.29 is 14.9 Å². The van der Waals surface area contributed by atoms with Gasteiger partial charge in [-0.15, -0.1) is 0 Å². The monoisotopic (exact) mass is 237 g/mol. The molecule has 5 heteroatoms. The van der Waals surface area contributed by atoms with E-state index in [1.165, 1.54) is 6.92 Å². The molecular formula is C12H17N2O3. The number of hydrogen-bond acceptors (Lipinski definition) is 4. The molecule has 0 aliphatic rings. The molecule has 0 fully saturated rings. The summed E-state index contributed by atoms with van der Waals surface area (Å²) < 4.78 is 0. The van der Waals surface area contributed by atoms with Crippen LogP contribution < -0.4 is 11.1 Å². The first kappa shape index (κ1) is 13.6. The number of ketones is 1. The molecule has 1 aromatic rings. The molecular weight excluding hydrogens is 220 g/mol. The third-order valence-electron chi connectivity index (χ3n) is 2.87. The first-order valence-electron chi connectivity index (χ1n) is 5.31. The summed E-state index contributed by atoms with van der Waals surface area (Å²) >= 11 is 0. The first-order chi connectivity index (χ1) is 7.88. The van der Waals surface area contributed by atoms with E-state index in [4.69, 9.17) is 5.90 Å². The SMILES string of the molecule is CC(=O)C(C)(C)Cc1ccccc1N([O])ON. The zero-order valence-electron chi connectivity index (χ0n) is 10.3. The number of nitrogens with zero attached hydrogens (tertiary/aromatic N) is 1. The Morgan fingerprint density at radius 2 is 2.00 bits per heavy atom. The first-order valence-corrected chi connectivity index (χ1v) is 5.31. The lowest BCUT2D eigenvalue weighted by molar-refractivity contribution is -0.124. The molecule has 2 N–H and O–H groups in total. The molecule has 0 unspecified atom stereocenters. The van der Waals surface area contributed by atoms with Crippen molar-refractivity contribution in [2.75, 3.05) is 5.23 Å². The maximum atomic E-state index is 11.5. The highest BCUT2D eigenvalue weighted by atomic mass is 16.9. The van der Waals surface area contributed by atoms with Gasteiger partial charge in [-0.05, 0) is 25.0 Å². The van der Waals surface area contributed by atoms with Crippen LogP contribution in [-0.2, 0) is 21.4 Å². The number of anilines is 1. The van der Waals surface area contributed by atoms with E-state index in [1.807, 2.05) is 13.8 Å². The van der Waals surface area contributed by atoms with E-state index >= 15 is 0 Å². The Hall–Kier alpha value is -1.43. The fourth-order valence-corrected chi connectivity index (χ4v) is 1.50. The van der Waals surface area contributed by atoms with E-state index in [9.17, 15) is 10.0 Å². The molecule has 0 saturated heterocycles. The van der Waals surface area contributed by atoms with Gasteiger partial charge in [-0.25, -0.2) is 0 Å². The van der Waals surface area contributed by atoms with Crippen LogP contribution in [0.25, 0.3) is 0 Å². The average molecular weight is 237 g/mol. The zero-order chi connectivity index (χ0) is 13.1. The second-order valence-electron chi connectivity index (χ2n) is 4.61. The molecule has 17 heavy (non-hydrogen) atoms. The quantitative estimate of drug-likeness (QED) is 0.792. The highest BCUT2D eigenvalue weighted by molar-refractivity contribution is 5.82. The third kappa shape index (κ3) is 3.26. The Bertz CT molecular complexity index is 404. The molecule has 1 radical (unpaired) electrons. The topological polar surface area (TPSA) is 75.5 Å². The van der Waals surface area contributed by atoms with Crippen LogP contribution >= 0.6 is 0 Å². The summed E-state index contributed by atoms with van der Waals surface area (Å²) in [7, 11) is 0. The van der Waals surface area contributed by atoms with Gasteiger partial charge < -0.3 is 0 Å². The number of benzene rings is 1. The Morgan fingerprint density at radius 3 is 2.53 bits per heavy atom. The summed E-state index contributed by atoms with van der Waals surface area (Å²) in [6.45, 7) is 5.21. The number of rotatable bonds is 5. The fourth-order valence-electron chi connectivity index (χ4n) is 1.50. The number of hydrogen-bond donors (Lipinski definition) is 1. The van der Waals surface area contributed by atoms with Gasteiger partial charge >= 0.3 is 0 Å². The van der Waals surface area contributed by atoms with Gasteiger partial charge in [0.2, 0.25) is 0 Å². The number of carbonyl (C=O) groups is 1. The van der Waals surface area contributed by atoms with Crippen molar-refractivity contribution in [3.8, 4) is 0 Å². The highest BCUT2D eigenvalue weighted by Gasteiger charge is 2.26. The number of carbonyl (C=O) groups excluding carboxylic acids is 1. The molecule has 0 bridgehead atoms. The second-order valence-corrected chi connectivity index (χ2v) is 4.61. The van der Waals surface area contributed by atoms with Crippen molar-refractivity contribution in [3.05, 3.63) is 29.8 Å². The lowest BCUT2D eigenvalue weighted by atomic mass is 9.82. The van der Waals surface area contributed by atoms with Crippen molar-refractivity contribution >= 4 is 11.5 Å². The standard InChI is InChI=1S/C12H17N2O3/c1-9(15)12(2,3)8-10-6-4-5-7-11(10)14(16)17-13/h4-7H,8,13H2,1-3H3. The molecule has 1 aromatic carbocycles. The summed E-state index contributed by atoms with van der Waals surface area (Å²) in [5.41, 5.74) is 0.531. The second kappa shape index (κ2) is 5.27. The van der Waals surface area contributed by atoms with Gasteiger partial charge in [0.15, 0.2) is 0 Å². The van der Waals surface area contributed by atoms with Crippen molar-refractivity contribution in [1.29, 1.82) is 0 Å². The molecule has 0 aliphatic heterocycles. The van der Waals surface area contributed by atoms with Gasteiger partial charge in [-0.2, -0.15) is 10.8 Å². The Morgan fingerprint density at radius 1 is 1.41 bits per heavy atom. The summed E-state index contributed by atoms with van der Waals surface area (Å²) in [5, 5.41) is 11.6. The minimum Gasteiger partial charge on any atom is -0.299 e. The fraction of sp³-hybridized carbons (Fsp3) is 0.417. The molecule has 0 atom stereocenters. The van der Waals surface area contributed by atoms with Crippen LogP contribution in [0.3, 0.4) is 0 Å². The molecule has 0 amide bonds. The van der Waals surface area contributed by atoms with Gasteiger partial charge in [0, 0.05) is 5.41 Å². The minimum atomic E-state index is -0.522. The molecule has 1 rings (SSSR count). The van der Waals surface area contributed by atoms with Crippen molar-refractivity contribution in [2.24, 2.45) is 11.3 Å². The minimum absolute atomic E-state index is 0.0680. The predicted molar refractivity (Wildman–Crippen MR) is 63.0 cm³/mol. The Balaban J connectivity index is 3.02. The lowest BCUT2D eigenvalue weighted by Crippen LogP contribution is -2.27. The zero-order valence-corrected chi connectivity index (χ0v) is 10.3. The van der Waals surface area contributed by atoms with Crippen LogP contribution in [0.2, 0.25) is 0 Å².